The van der Waals surface area contributed by atoms with E-state index in [1.165, 1.54) is 19.1 Å². The lowest BCUT2D eigenvalue weighted by molar-refractivity contribution is -0.385. The van der Waals surface area contributed by atoms with Gasteiger partial charge in [0, 0.05) is 11.6 Å². The van der Waals surface area contributed by atoms with Crippen molar-refractivity contribution in [2.75, 3.05) is 6.61 Å². The minimum absolute atomic E-state index is 0.224. The van der Waals surface area contributed by atoms with Crippen molar-refractivity contribution in [1.29, 1.82) is 0 Å². The van der Waals surface area contributed by atoms with E-state index in [-0.39, 0.29) is 10.6 Å². The van der Waals surface area contributed by atoms with Crippen LogP contribution in [0.15, 0.2) is 52.5 Å². The van der Waals surface area contributed by atoms with Crippen LogP contribution in [-0.4, -0.2) is 25.7 Å². The molecule has 0 aromatic heterocycles. The van der Waals surface area contributed by atoms with Crippen molar-refractivity contribution in [3.8, 4) is 5.75 Å². The van der Waals surface area contributed by atoms with Crippen LogP contribution in [0, 0.1) is 17.0 Å². The van der Waals surface area contributed by atoms with Crippen LogP contribution < -0.4 is 9.57 Å². The minimum atomic E-state index is -4.02. The molecule has 2 aromatic carbocycles. The fourth-order valence-electron chi connectivity index (χ4n) is 2.16. The highest BCUT2D eigenvalue weighted by Gasteiger charge is 2.19. The molecule has 0 heterocycles. The number of nitrogens with zero attached hydrogens (tertiary/aromatic N) is 2. The third-order valence-electron chi connectivity index (χ3n) is 3.60. The molecule has 1 N–H and O–H groups in total. The van der Waals surface area contributed by atoms with E-state index in [0.717, 1.165) is 6.07 Å². The number of rotatable bonds is 7. The molecule has 138 valence electrons. The summed E-state index contributed by atoms with van der Waals surface area (Å²) in [5.41, 5.74) is 1.27. The first-order chi connectivity index (χ1) is 12.2. The van der Waals surface area contributed by atoms with Gasteiger partial charge in [0.1, 0.15) is 5.75 Å². The number of aryl methyl sites for hydroxylation is 1. The Morgan fingerprint density at radius 2 is 1.88 bits per heavy atom. The topological polar surface area (TPSA) is 111 Å². The second-order valence-corrected chi connectivity index (χ2v) is 7.12. The molecule has 0 amide bonds. The Labute approximate surface area is 151 Å². The SMILES string of the molecule is CCOc1ccc(/C(C)=N\NS(=O)(=O)c2ccc(C)c([N+](=O)[O-])c2)cc1. The van der Waals surface area contributed by atoms with Gasteiger partial charge in [-0.15, -0.1) is 0 Å². The second-order valence-electron chi connectivity index (χ2n) is 5.45. The van der Waals surface area contributed by atoms with Crippen LogP contribution >= 0.6 is 0 Å². The molecule has 0 bridgehead atoms. The number of benzene rings is 2. The molecule has 0 saturated heterocycles. The predicted octanol–water partition coefficient (Wildman–Crippen LogP) is 3.00. The highest BCUT2D eigenvalue weighted by molar-refractivity contribution is 7.89. The number of ether oxygens (including phenoxy) is 1. The first-order valence-corrected chi connectivity index (χ1v) is 9.27. The number of hydrazone groups is 1. The average molecular weight is 377 g/mol. The number of nitrogens with one attached hydrogen (secondary N) is 1. The number of hydrogen-bond acceptors (Lipinski definition) is 6. The zero-order chi connectivity index (χ0) is 19.3. The van der Waals surface area contributed by atoms with Crippen LogP contribution in [-0.2, 0) is 10.0 Å². The Morgan fingerprint density at radius 3 is 2.46 bits per heavy atom. The van der Waals surface area contributed by atoms with Crippen molar-refractivity contribution >= 4 is 21.4 Å². The van der Waals surface area contributed by atoms with Gasteiger partial charge >= 0.3 is 0 Å². The molecule has 2 rings (SSSR count). The van der Waals surface area contributed by atoms with Gasteiger partial charge in [0.15, 0.2) is 0 Å². The van der Waals surface area contributed by atoms with E-state index in [1.807, 2.05) is 6.92 Å². The fraction of sp³-hybridized carbons (Fsp3) is 0.235. The molecule has 0 aliphatic rings. The standard InChI is InChI=1S/C17H19N3O5S/c1-4-25-15-8-6-14(7-9-15)13(3)18-19-26(23,24)16-10-5-12(2)17(11-16)20(21)22/h5-11,19H,4H2,1-3H3/b18-13-. The minimum Gasteiger partial charge on any atom is -0.494 e. The van der Waals surface area contributed by atoms with E-state index in [2.05, 4.69) is 9.93 Å². The van der Waals surface area contributed by atoms with Gasteiger partial charge in [0.2, 0.25) is 0 Å². The Hall–Kier alpha value is -2.94. The summed E-state index contributed by atoms with van der Waals surface area (Å²) >= 11 is 0. The Kier molecular flexibility index (Phi) is 5.93. The maximum atomic E-state index is 12.3. The highest BCUT2D eigenvalue weighted by atomic mass is 32.2. The summed E-state index contributed by atoms with van der Waals surface area (Å²) in [5.74, 6) is 0.705. The molecule has 0 fully saturated rings. The lowest BCUT2D eigenvalue weighted by atomic mass is 10.1. The van der Waals surface area contributed by atoms with Crippen LogP contribution in [0.2, 0.25) is 0 Å². The summed E-state index contributed by atoms with van der Waals surface area (Å²) in [4.78, 5) is 12.2. The highest BCUT2D eigenvalue weighted by Crippen LogP contribution is 2.22. The molecule has 0 aliphatic heterocycles. The molecule has 0 spiro atoms. The van der Waals surface area contributed by atoms with Gasteiger partial charge in [-0.3, -0.25) is 10.1 Å². The van der Waals surface area contributed by atoms with Crippen LogP contribution in [0.25, 0.3) is 0 Å². The normalized spacial score (nSPS) is 11.9. The van der Waals surface area contributed by atoms with Crippen LogP contribution in [0.4, 0.5) is 5.69 Å². The predicted molar refractivity (Wildman–Crippen MR) is 98.0 cm³/mol. The first-order valence-electron chi connectivity index (χ1n) is 7.79. The zero-order valence-corrected chi connectivity index (χ0v) is 15.4. The summed E-state index contributed by atoms with van der Waals surface area (Å²) in [7, 11) is -4.02. The quantitative estimate of drug-likeness (QED) is 0.453. The van der Waals surface area contributed by atoms with Gasteiger partial charge < -0.3 is 4.74 Å². The number of nitro benzene ring substituents is 1. The Bertz CT molecular complexity index is 937. The van der Waals surface area contributed by atoms with Gasteiger partial charge in [-0.2, -0.15) is 18.4 Å². The molecule has 0 unspecified atom stereocenters. The largest absolute Gasteiger partial charge is 0.494 e. The van der Waals surface area contributed by atoms with Gasteiger partial charge in [-0.1, -0.05) is 6.07 Å². The molecular formula is C17H19N3O5S. The van der Waals surface area contributed by atoms with Crippen molar-refractivity contribution in [3.05, 3.63) is 63.7 Å². The Balaban J connectivity index is 2.22. The zero-order valence-electron chi connectivity index (χ0n) is 14.6. The van der Waals surface area contributed by atoms with Crippen molar-refractivity contribution in [1.82, 2.24) is 4.83 Å². The van der Waals surface area contributed by atoms with Gasteiger partial charge in [-0.25, -0.2) is 0 Å². The lowest BCUT2D eigenvalue weighted by Gasteiger charge is -2.07. The molecule has 0 aliphatic carbocycles. The summed E-state index contributed by atoms with van der Waals surface area (Å²) < 4.78 is 30.0. The second kappa shape index (κ2) is 7.96. The monoisotopic (exact) mass is 377 g/mol. The fourth-order valence-corrected chi connectivity index (χ4v) is 3.03. The average Bonchev–Trinajstić information content (AvgIpc) is 2.60. The first kappa shape index (κ1) is 19.4. The van der Waals surface area contributed by atoms with Crippen LogP contribution in [0.3, 0.4) is 0 Å². The maximum absolute atomic E-state index is 12.3. The molecule has 0 radical (unpaired) electrons. The third-order valence-corrected chi connectivity index (χ3v) is 4.81. The van der Waals surface area contributed by atoms with Crippen molar-refractivity contribution in [2.45, 2.75) is 25.7 Å². The lowest BCUT2D eigenvalue weighted by Crippen LogP contribution is -2.20. The van der Waals surface area contributed by atoms with E-state index < -0.39 is 14.9 Å². The maximum Gasteiger partial charge on any atom is 0.276 e. The van der Waals surface area contributed by atoms with Crippen molar-refractivity contribution in [3.63, 3.8) is 0 Å². The summed E-state index contributed by atoms with van der Waals surface area (Å²) in [6.07, 6.45) is 0. The van der Waals surface area contributed by atoms with Gasteiger partial charge in [-0.05, 0) is 56.7 Å². The molecular weight excluding hydrogens is 358 g/mol. The Morgan fingerprint density at radius 1 is 1.23 bits per heavy atom. The van der Waals surface area contributed by atoms with E-state index in [9.17, 15) is 18.5 Å². The van der Waals surface area contributed by atoms with E-state index in [4.69, 9.17) is 4.74 Å². The number of sulfonamides is 1. The van der Waals surface area contributed by atoms with E-state index >= 15 is 0 Å². The molecule has 9 heteroatoms. The molecule has 2 aromatic rings. The number of nitro groups is 1. The number of hydrogen-bond donors (Lipinski definition) is 1. The third kappa shape index (κ3) is 4.57. The summed E-state index contributed by atoms with van der Waals surface area (Å²) in [6.45, 7) is 5.62. The summed E-state index contributed by atoms with van der Waals surface area (Å²) in [5, 5.41) is 14.9. The molecule has 8 nitrogen and oxygen atoms in total. The van der Waals surface area contributed by atoms with Crippen LogP contribution in [0.1, 0.15) is 25.0 Å². The van der Waals surface area contributed by atoms with E-state index in [1.54, 1.807) is 31.2 Å². The van der Waals surface area contributed by atoms with E-state index in [0.29, 0.717) is 29.2 Å². The summed E-state index contributed by atoms with van der Waals surface area (Å²) in [6, 6.07) is 10.7. The van der Waals surface area contributed by atoms with Crippen LogP contribution in [0.5, 0.6) is 5.75 Å². The van der Waals surface area contributed by atoms with Crippen molar-refractivity contribution < 1.29 is 18.1 Å². The van der Waals surface area contributed by atoms with Crippen molar-refractivity contribution in [2.24, 2.45) is 5.10 Å². The van der Waals surface area contributed by atoms with Gasteiger partial charge in [0.05, 0.1) is 22.1 Å². The molecule has 0 atom stereocenters. The molecule has 0 saturated carbocycles. The molecule has 26 heavy (non-hydrogen) atoms. The van der Waals surface area contributed by atoms with Gasteiger partial charge in [0.25, 0.3) is 15.7 Å². The smallest absolute Gasteiger partial charge is 0.276 e.